The summed E-state index contributed by atoms with van der Waals surface area (Å²) < 4.78 is 33.1. The van der Waals surface area contributed by atoms with Crippen molar-refractivity contribution in [2.45, 2.75) is 0 Å². The molecule has 0 radical (unpaired) electrons. The number of ether oxygens (including phenoxy) is 1. The number of fused-ring (bicyclic) bond motifs is 1. The summed E-state index contributed by atoms with van der Waals surface area (Å²) in [4.78, 5) is 25.5. The number of carbonyl (C=O) groups excluding carboxylic acids is 2. The van der Waals surface area contributed by atoms with Crippen molar-refractivity contribution in [1.82, 2.24) is 4.72 Å². The van der Waals surface area contributed by atoms with Gasteiger partial charge in [0.15, 0.2) is 5.75 Å². The zero-order chi connectivity index (χ0) is 21.3. The predicted molar refractivity (Wildman–Crippen MR) is 136 cm³/mol. The summed E-state index contributed by atoms with van der Waals surface area (Å²) in [6.45, 7) is 0. The lowest BCUT2D eigenvalue weighted by molar-refractivity contribution is 0.0734. The summed E-state index contributed by atoms with van der Waals surface area (Å²) in [6.07, 6.45) is 0.895. The van der Waals surface area contributed by atoms with Crippen LogP contribution in [-0.4, -0.2) is 26.6 Å². The van der Waals surface area contributed by atoms with Crippen LogP contribution in [0.25, 0.3) is 10.8 Å². The predicted octanol–water partition coefficient (Wildman–Crippen LogP) is 4.56. The Bertz CT molecular complexity index is 1230. The average molecular weight is 747 g/mol. The Kier molecular flexibility index (Phi) is 7.05. The molecule has 0 saturated heterocycles. The zero-order valence-electron chi connectivity index (χ0n) is 14.7. The molecule has 1 amide bonds. The first-order valence-electron chi connectivity index (χ1n) is 7.97. The van der Waals surface area contributed by atoms with Gasteiger partial charge in [0.05, 0.1) is 19.0 Å². The van der Waals surface area contributed by atoms with Crippen molar-refractivity contribution in [3.05, 3.63) is 70.4 Å². The van der Waals surface area contributed by atoms with Gasteiger partial charge in [-0.2, -0.15) is 0 Å². The molecule has 6 nitrogen and oxygen atoms in total. The maximum atomic E-state index is 13.0. The number of esters is 1. The van der Waals surface area contributed by atoms with Gasteiger partial charge in [-0.25, -0.2) is 17.9 Å². The Balaban J connectivity index is 2.10. The first kappa shape index (κ1) is 22.7. The number of hydrogen-bond acceptors (Lipinski definition) is 5. The molecule has 0 aliphatic heterocycles. The topological polar surface area (TPSA) is 89.5 Å². The maximum absolute atomic E-state index is 13.0. The number of benzene rings is 3. The highest BCUT2D eigenvalue weighted by Crippen LogP contribution is 2.31. The highest BCUT2D eigenvalue weighted by atomic mass is 127. The number of nitrogens with one attached hydrogen (secondary N) is 1. The Morgan fingerprint density at radius 2 is 1.48 bits per heavy atom. The molecule has 3 aromatic carbocycles. The minimum atomic E-state index is -3.76. The second-order valence-corrected chi connectivity index (χ2v) is 11.3. The lowest BCUT2D eigenvalue weighted by Gasteiger charge is -2.13. The second-order valence-electron chi connectivity index (χ2n) is 6.00. The third kappa shape index (κ3) is 5.38. The van der Waals surface area contributed by atoms with Gasteiger partial charge in [-0.05, 0) is 97.4 Å². The average Bonchev–Trinajstić information content (AvgIpc) is 2.62. The van der Waals surface area contributed by atoms with Gasteiger partial charge >= 0.3 is 5.97 Å². The Hall–Kier alpha value is -1.000. The maximum Gasteiger partial charge on any atom is 0.344 e. The van der Waals surface area contributed by atoms with Crippen LogP contribution in [0.5, 0.6) is 5.75 Å². The number of rotatable bonds is 4. The normalized spacial score (nSPS) is 11.3. The van der Waals surface area contributed by atoms with Crippen LogP contribution in [0.3, 0.4) is 0 Å². The monoisotopic (exact) mass is 747 g/mol. The molecule has 0 aliphatic rings. The Morgan fingerprint density at radius 3 is 2.03 bits per heavy atom. The standard InChI is InChI=1S/C19H12I3NO5S/c1-29(26,27)23-18(24)12-6-2-4-10-5-3-7-13(16(10)12)19(25)28-17-14(21)8-11(20)9-15(17)22/h2-9H,1H3,(H,23,24). The van der Waals surface area contributed by atoms with Crippen LogP contribution in [0.2, 0.25) is 0 Å². The van der Waals surface area contributed by atoms with Crippen molar-refractivity contribution < 1.29 is 22.7 Å². The fraction of sp³-hybridized carbons (Fsp3) is 0.0526. The SMILES string of the molecule is CS(=O)(=O)NC(=O)c1cccc2cccc(C(=O)Oc3c(I)cc(I)cc3I)c12. The van der Waals surface area contributed by atoms with E-state index in [1.807, 2.05) is 16.9 Å². The third-order valence-electron chi connectivity index (χ3n) is 3.81. The highest BCUT2D eigenvalue weighted by molar-refractivity contribution is 14.1. The second kappa shape index (κ2) is 9.01. The molecule has 0 spiro atoms. The molecule has 3 rings (SSSR count). The lowest BCUT2D eigenvalue weighted by atomic mass is 9.99. The summed E-state index contributed by atoms with van der Waals surface area (Å²) in [7, 11) is -3.76. The van der Waals surface area contributed by atoms with E-state index in [1.165, 1.54) is 6.07 Å². The Labute approximate surface area is 208 Å². The molecule has 0 aromatic heterocycles. The fourth-order valence-corrected chi connectivity index (χ4v) is 6.95. The molecule has 10 heteroatoms. The number of hydrogen-bond donors (Lipinski definition) is 1. The van der Waals surface area contributed by atoms with Crippen molar-refractivity contribution in [1.29, 1.82) is 0 Å². The number of amides is 1. The molecule has 0 atom stereocenters. The van der Waals surface area contributed by atoms with E-state index in [1.54, 1.807) is 30.3 Å². The van der Waals surface area contributed by atoms with E-state index in [4.69, 9.17) is 4.74 Å². The smallest absolute Gasteiger partial charge is 0.344 e. The van der Waals surface area contributed by atoms with Gasteiger partial charge in [-0.15, -0.1) is 0 Å². The summed E-state index contributed by atoms with van der Waals surface area (Å²) in [5, 5.41) is 0.948. The lowest BCUT2D eigenvalue weighted by Crippen LogP contribution is -2.29. The molecule has 0 aliphatic carbocycles. The van der Waals surface area contributed by atoms with Gasteiger partial charge in [0, 0.05) is 14.5 Å². The van der Waals surface area contributed by atoms with Gasteiger partial charge in [-0.3, -0.25) is 4.79 Å². The van der Waals surface area contributed by atoms with E-state index in [0.29, 0.717) is 16.5 Å². The van der Waals surface area contributed by atoms with Crippen LogP contribution in [0.4, 0.5) is 0 Å². The van der Waals surface area contributed by atoms with E-state index in [-0.39, 0.29) is 11.1 Å². The van der Waals surface area contributed by atoms with E-state index in [9.17, 15) is 18.0 Å². The molecule has 0 bridgehead atoms. The highest BCUT2D eigenvalue weighted by Gasteiger charge is 2.21. The van der Waals surface area contributed by atoms with Gasteiger partial charge in [-0.1, -0.05) is 24.3 Å². The molecule has 0 heterocycles. The molecule has 0 saturated carbocycles. The van der Waals surface area contributed by atoms with Crippen molar-refractivity contribution in [2.24, 2.45) is 0 Å². The van der Waals surface area contributed by atoms with Crippen molar-refractivity contribution >= 4 is 100 Å². The van der Waals surface area contributed by atoms with E-state index < -0.39 is 21.9 Å². The van der Waals surface area contributed by atoms with Crippen molar-refractivity contribution in [2.75, 3.05) is 6.26 Å². The van der Waals surface area contributed by atoms with E-state index in [2.05, 4.69) is 67.8 Å². The summed E-state index contributed by atoms with van der Waals surface area (Å²) in [5.74, 6) is -1.00. The molecule has 29 heavy (non-hydrogen) atoms. The molecule has 0 unspecified atom stereocenters. The zero-order valence-corrected chi connectivity index (χ0v) is 22.0. The summed E-state index contributed by atoms with van der Waals surface area (Å²) in [5.41, 5.74) is 0.249. The van der Waals surface area contributed by atoms with Crippen molar-refractivity contribution in [3.8, 4) is 5.75 Å². The Morgan fingerprint density at radius 1 is 0.931 bits per heavy atom. The van der Waals surface area contributed by atoms with Crippen LogP contribution in [0, 0.1) is 10.7 Å². The van der Waals surface area contributed by atoms with Crippen LogP contribution in [-0.2, 0) is 10.0 Å². The molecule has 150 valence electrons. The molecule has 0 fully saturated rings. The van der Waals surface area contributed by atoms with Crippen LogP contribution < -0.4 is 9.46 Å². The van der Waals surface area contributed by atoms with Crippen LogP contribution in [0.15, 0.2) is 48.5 Å². The quantitative estimate of drug-likeness (QED) is 0.241. The van der Waals surface area contributed by atoms with E-state index >= 15 is 0 Å². The minimum Gasteiger partial charge on any atom is -0.421 e. The largest absolute Gasteiger partial charge is 0.421 e. The summed E-state index contributed by atoms with van der Waals surface area (Å²) in [6, 6.07) is 13.6. The molecule has 1 N–H and O–H groups in total. The van der Waals surface area contributed by atoms with Gasteiger partial charge < -0.3 is 4.74 Å². The molecule has 3 aromatic rings. The first-order chi connectivity index (χ1) is 13.6. The molecular formula is C19H12I3NO5S. The fourth-order valence-electron chi connectivity index (χ4n) is 2.70. The summed E-state index contributed by atoms with van der Waals surface area (Å²) >= 11 is 6.38. The van der Waals surface area contributed by atoms with Gasteiger partial charge in [0.25, 0.3) is 5.91 Å². The minimum absolute atomic E-state index is 0.0764. The first-order valence-corrected chi connectivity index (χ1v) is 13.1. The third-order valence-corrected chi connectivity index (χ3v) is 6.59. The van der Waals surface area contributed by atoms with Gasteiger partial charge in [0.1, 0.15) is 0 Å². The number of carbonyl (C=O) groups is 2. The number of sulfonamides is 1. The number of halogens is 3. The van der Waals surface area contributed by atoms with E-state index in [0.717, 1.165) is 17.0 Å². The van der Waals surface area contributed by atoms with Crippen LogP contribution >= 0.6 is 67.8 Å². The molecular weight excluding hydrogens is 735 g/mol. The van der Waals surface area contributed by atoms with Crippen molar-refractivity contribution in [3.63, 3.8) is 0 Å². The van der Waals surface area contributed by atoms with Crippen LogP contribution in [0.1, 0.15) is 20.7 Å². The van der Waals surface area contributed by atoms with Gasteiger partial charge in [0.2, 0.25) is 10.0 Å².